The Morgan fingerprint density at radius 2 is 2.54 bits per heavy atom. The highest BCUT2D eigenvalue weighted by atomic mass is 32.1. The van der Waals surface area contributed by atoms with Crippen LogP contribution in [0, 0.1) is 0 Å². The van der Waals surface area contributed by atoms with Crippen molar-refractivity contribution >= 4 is 22.4 Å². The zero-order chi connectivity index (χ0) is 9.10. The van der Waals surface area contributed by atoms with Gasteiger partial charge in [-0.2, -0.15) is 9.47 Å². The molecule has 0 atom stereocenters. The standard InChI is InChI=1S/C7H9N5S/c8-4-5-3-7(13-12-5)10-6-1-2-9-11-6/h1-3H,4,8H2,(H2,9,10,11). The second-order valence-corrected chi connectivity index (χ2v) is 3.29. The lowest BCUT2D eigenvalue weighted by Gasteiger charge is -1.95. The molecule has 0 bridgehead atoms. The molecule has 0 unspecified atom stereocenters. The van der Waals surface area contributed by atoms with Gasteiger partial charge in [-0.1, -0.05) is 0 Å². The Kier molecular flexibility index (Phi) is 2.24. The molecule has 0 saturated carbocycles. The van der Waals surface area contributed by atoms with Gasteiger partial charge in [-0.25, -0.2) is 0 Å². The predicted octanol–water partition coefficient (Wildman–Crippen LogP) is 1.07. The van der Waals surface area contributed by atoms with Gasteiger partial charge in [0.25, 0.3) is 0 Å². The number of aromatic nitrogens is 3. The summed E-state index contributed by atoms with van der Waals surface area (Å²) in [4.78, 5) is 0. The maximum atomic E-state index is 5.43. The van der Waals surface area contributed by atoms with E-state index < -0.39 is 0 Å². The third-order valence-corrected chi connectivity index (χ3v) is 2.27. The van der Waals surface area contributed by atoms with Crippen LogP contribution in [0.1, 0.15) is 5.69 Å². The van der Waals surface area contributed by atoms with Crippen LogP contribution < -0.4 is 11.1 Å². The molecule has 6 heteroatoms. The van der Waals surface area contributed by atoms with E-state index in [1.807, 2.05) is 12.1 Å². The third kappa shape index (κ3) is 1.85. The van der Waals surface area contributed by atoms with Gasteiger partial charge in [0.2, 0.25) is 0 Å². The molecule has 2 aromatic rings. The van der Waals surface area contributed by atoms with Gasteiger partial charge in [-0.15, -0.1) is 0 Å². The quantitative estimate of drug-likeness (QED) is 0.684. The summed E-state index contributed by atoms with van der Waals surface area (Å²) in [6.45, 7) is 0.473. The number of nitrogens with zero attached hydrogens (tertiary/aromatic N) is 2. The van der Waals surface area contributed by atoms with Crippen LogP contribution in [-0.2, 0) is 6.54 Å². The minimum atomic E-state index is 0.473. The van der Waals surface area contributed by atoms with Crippen molar-refractivity contribution in [2.24, 2.45) is 5.73 Å². The number of aromatic amines is 1. The fraction of sp³-hybridized carbons (Fsp3) is 0.143. The molecule has 5 nitrogen and oxygen atoms in total. The molecular formula is C7H9N5S. The molecule has 0 fully saturated rings. The topological polar surface area (TPSA) is 79.6 Å². The summed E-state index contributed by atoms with van der Waals surface area (Å²) >= 11 is 1.38. The first kappa shape index (κ1) is 8.21. The van der Waals surface area contributed by atoms with Crippen LogP contribution in [-0.4, -0.2) is 14.6 Å². The normalized spacial score (nSPS) is 10.2. The van der Waals surface area contributed by atoms with Crippen molar-refractivity contribution in [3.8, 4) is 0 Å². The van der Waals surface area contributed by atoms with Crippen LogP contribution >= 0.6 is 11.5 Å². The fourth-order valence-corrected chi connectivity index (χ4v) is 1.61. The molecule has 68 valence electrons. The van der Waals surface area contributed by atoms with Gasteiger partial charge in [-0.3, -0.25) is 5.10 Å². The maximum absolute atomic E-state index is 5.43. The molecule has 0 spiro atoms. The van der Waals surface area contributed by atoms with E-state index in [9.17, 15) is 0 Å². The Balaban J connectivity index is 2.10. The molecule has 4 N–H and O–H groups in total. The predicted molar refractivity (Wildman–Crippen MR) is 51.9 cm³/mol. The Bertz CT molecular complexity index is 366. The summed E-state index contributed by atoms with van der Waals surface area (Å²) in [6.07, 6.45) is 1.69. The Labute approximate surface area is 79.1 Å². The summed E-state index contributed by atoms with van der Waals surface area (Å²) in [7, 11) is 0. The molecule has 0 saturated heterocycles. The molecule has 0 radical (unpaired) electrons. The van der Waals surface area contributed by atoms with E-state index >= 15 is 0 Å². The van der Waals surface area contributed by atoms with Gasteiger partial charge in [0.1, 0.15) is 10.8 Å². The number of rotatable bonds is 3. The zero-order valence-corrected chi connectivity index (χ0v) is 7.64. The summed E-state index contributed by atoms with van der Waals surface area (Å²) in [5.74, 6) is 0.854. The molecule has 0 aromatic carbocycles. The SMILES string of the molecule is NCc1cc(Nc2ccn[nH]2)sn1. The smallest absolute Gasteiger partial charge is 0.126 e. The maximum Gasteiger partial charge on any atom is 0.126 e. The van der Waals surface area contributed by atoms with Gasteiger partial charge in [0.15, 0.2) is 0 Å². The van der Waals surface area contributed by atoms with E-state index in [4.69, 9.17) is 5.73 Å². The van der Waals surface area contributed by atoms with Gasteiger partial charge in [0.05, 0.1) is 11.9 Å². The van der Waals surface area contributed by atoms with Crippen LogP contribution in [0.4, 0.5) is 10.8 Å². The first-order valence-corrected chi connectivity index (χ1v) is 4.58. The van der Waals surface area contributed by atoms with Crippen LogP contribution in [0.15, 0.2) is 18.3 Å². The van der Waals surface area contributed by atoms with E-state index in [0.29, 0.717) is 6.54 Å². The minimum Gasteiger partial charge on any atom is -0.331 e. The van der Waals surface area contributed by atoms with Gasteiger partial charge < -0.3 is 11.1 Å². The summed E-state index contributed by atoms with van der Waals surface area (Å²) in [6, 6.07) is 3.77. The second kappa shape index (κ2) is 3.55. The molecule has 2 heterocycles. The highest BCUT2D eigenvalue weighted by molar-refractivity contribution is 7.10. The highest BCUT2D eigenvalue weighted by Gasteiger charge is 2.00. The van der Waals surface area contributed by atoms with E-state index in [-0.39, 0.29) is 0 Å². The lowest BCUT2D eigenvalue weighted by molar-refractivity contribution is 1.03. The lowest BCUT2D eigenvalue weighted by Crippen LogP contribution is -1.95. The molecule has 0 aliphatic heterocycles. The Morgan fingerprint density at radius 1 is 1.62 bits per heavy atom. The van der Waals surface area contributed by atoms with E-state index in [1.54, 1.807) is 6.20 Å². The molecule has 0 aliphatic carbocycles. The van der Waals surface area contributed by atoms with Crippen LogP contribution in [0.25, 0.3) is 0 Å². The average molecular weight is 195 g/mol. The lowest BCUT2D eigenvalue weighted by atomic mass is 10.4. The molecule has 2 aromatic heterocycles. The van der Waals surface area contributed by atoms with Crippen molar-refractivity contribution in [1.82, 2.24) is 14.6 Å². The third-order valence-electron chi connectivity index (χ3n) is 1.53. The fourth-order valence-electron chi connectivity index (χ4n) is 0.925. The number of H-pyrrole nitrogens is 1. The zero-order valence-electron chi connectivity index (χ0n) is 6.82. The van der Waals surface area contributed by atoms with Crippen molar-refractivity contribution in [1.29, 1.82) is 0 Å². The van der Waals surface area contributed by atoms with Crippen LogP contribution in [0.3, 0.4) is 0 Å². The second-order valence-electron chi connectivity index (χ2n) is 2.48. The molecule has 13 heavy (non-hydrogen) atoms. The summed E-state index contributed by atoms with van der Waals surface area (Å²) < 4.78 is 4.14. The Morgan fingerprint density at radius 3 is 3.15 bits per heavy atom. The van der Waals surface area contributed by atoms with Crippen molar-refractivity contribution in [3.63, 3.8) is 0 Å². The summed E-state index contributed by atoms with van der Waals surface area (Å²) in [5.41, 5.74) is 6.33. The number of hydrogen-bond donors (Lipinski definition) is 3. The van der Waals surface area contributed by atoms with Gasteiger partial charge in [-0.05, 0) is 17.6 Å². The molecule has 0 aliphatic rings. The number of anilines is 2. The van der Waals surface area contributed by atoms with Crippen molar-refractivity contribution in [2.75, 3.05) is 5.32 Å². The molecule has 0 amide bonds. The van der Waals surface area contributed by atoms with Crippen LogP contribution in [0.2, 0.25) is 0 Å². The van der Waals surface area contributed by atoms with Crippen molar-refractivity contribution in [2.45, 2.75) is 6.54 Å². The monoisotopic (exact) mass is 195 g/mol. The van der Waals surface area contributed by atoms with Crippen LogP contribution in [0.5, 0.6) is 0 Å². The number of nitrogens with two attached hydrogens (primary N) is 1. The van der Waals surface area contributed by atoms with E-state index in [0.717, 1.165) is 16.5 Å². The largest absolute Gasteiger partial charge is 0.331 e. The highest BCUT2D eigenvalue weighted by Crippen LogP contribution is 2.19. The number of nitrogens with one attached hydrogen (secondary N) is 2. The first-order chi connectivity index (χ1) is 6.38. The minimum absolute atomic E-state index is 0.473. The Hall–Kier alpha value is -1.40. The average Bonchev–Trinajstić information content (AvgIpc) is 2.76. The number of hydrogen-bond acceptors (Lipinski definition) is 5. The summed E-state index contributed by atoms with van der Waals surface area (Å²) in [5, 5.41) is 10.7. The van der Waals surface area contributed by atoms with Gasteiger partial charge >= 0.3 is 0 Å². The van der Waals surface area contributed by atoms with Crippen molar-refractivity contribution in [3.05, 3.63) is 24.0 Å². The van der Waals surface area contributed by atoms with Crippen molar-refractivity contribution < 1.29 is 0 Å². The van der Waals surface area contributed by atoms with E-state index in [1.165, 1.54) is 11.5 Å². The van der Waals surface area contributed by atoms with E-state index in [2.05, 4.69) is 19.9 Å². The van der Waals surface area contributed by atoms with Gasteiger partial charge in [0, 0.05) is 12.6 Å². The molecular weight excluding hydrogens is 186 g/mol. The molecule has 2 rings (SSSR count). The first-order valence-electron chi connectivity index (χ1n) is 3.80.